The van der Waals surface area contributed by atoms with Crippen LogP contribution in [0.2, 0.25) is 5.02 Å². The van der Waals surface area contributed by atoms with Gasteiger partial charge >= 0.3 is 5.97 Å². The summed E-state index contributed by atoms with van der Waals surface area (Å²) in [6.07, 6.45) is 0.185. The second-order valence-corrected chi connectivity index (χ2v) is 7.67. The van der Waals surface area contributed by atoms with E-state index in [2.05, 4.69) is 10.1 Å². The van der Waals surface area contributed by atoms with Crippen molar-refractivity contribution in [2.24, 2.45) is 0 Å². The number of aromatic nitrogens is 2. The summed E-state index contributed by atoms with van der Waals surface area (Å²) < 4.78 is 16.7. The number of rotatable bonds is 9. The Bertz CT molecular complexity index is 1060. The van der Waals surface area contributed by atoms with Crippen molar-refractivity contribution < 1.29 is 23.9 Å². The molecule has 31 heavy (non-hydrogen) atoms. The summed E-state index contributed by atoms with van der Waals surface area (Å²) in [5.41, 5.74) is 2.40. The average Bonchev–Trinajstić information content (AvgIpc) is 3.22. The topological polar surface area (TPSA) is 94.7 Å². The van der Waals surface area contributed by atoms with Crippen LogP contribution in [0.25, 0.3) is 22.8 Å². The third-order valence-corrected chi connectivity index (χ3v) is 4.89. The number of carbonyl (C=O) groups is 1. The number of aryl methyl sites for hydroxylation is 1. The zero-order valence-corrected chi connectivity index (χ0v) is 18.6. The van der Waals surface area contributed by atoms with E-state index in [9.17, 15) is 9.90 Å². The van der Waals surface area contributed by atoms with E-state index in [1.165, 1.54) is 0 Å². The highest BCUT2D eigenvalue weighted by Crippen LogP contribution is 2.32. The van der Waals surface area contributed by atoms with Crippen molar-refractivity contribution in [3.63, 3.8) is 0 Å². The summed E-state index contributed by atoms with van der Waals surface area (Å²) >= 11 is 6.32. The highest BCUT2D eigenvalue weighted by molar-refractivity contribution is 6.32. The fraction of sp³-hybridized carbons (Fsp3) is 0.348. The predicted molar refractivity (Wildman–Crippen MR) is 118 cm³/mol. The van der Waals surface area contributed by atoms with Gasteiger partial charge < -0.3 is 19.1 Å². The highest BCUT2D eigenvalue weighted by Gasteiger charge is 2.19. The molecule has 3 aromatic rings. The average molecular weight is 445 g/mol. The summed E-state index contributed by atoms with van der Waals surface area (Å²) in [5.74, 6) is 0.868. The summed E-state index contributed by atoms with van der Waals surface area (Å²) in [6.45, 7) is 7.62. The van der Waals surface area contributed by atoms with Crippen LogP contribution in [0.4, 0.5) is 0 Å². The predicted octanol–water partition coefficient (Wildman–Crippen LogP) is 5.65. The van der Waals surface area contributed by atoms with Crippen LogP contribution in [-0.2, 0) is 11.2 Å². The van der Waals surface area contributed by atoms with Crippen molar-refractivity contribution in [3.8, 4) is 34.3 Å². The molecular weight excluding hydrogens is 420 g/mol. The van der Waals surface area contributed by atoms with Crippen LogP contribution in [0, 0.1) is 0 Å². The van der Waals surface area contributed by atoms with Crippen LogP contribution in [-0.4, -0.2) is 33.4 Å². The minimum atomic E-state index is -0.990. The molecule has 0 amide bonds. The van der Waals surface area contributed by atoms with Crippen molar-refractivity contribution in [1.29, 1.82) is 0 Å². The summed E-state index contributed by atoms with van der Waals surface area (Å²) in [4.78, 5) is 15.8. The molecule has 1 N–H and O–H groups in total. The molecule has 3 rings (SSSR count). The zero-order chi connectivity index (χ0) is 22.5. The first-order valence-corrected chi connectivity index (χ1v) is 10.5. The smallest absolute Gasteiger partial charge is 0.344 e. The van der Waals surface area contributed by atoms with Gasteiger partial charge in [0.2, 0.25) is 5.82 Å². The molecule has 0 fully saturated rings. The number of benzene rings is 2. The van der Waals surface area contributed by atoms with Crippen LogP contribution in [0.15, 0.2) is 40.9 Å². The first kappa shape index (κ1) is 22.6. The molecular formula is C23H25ClN2O5. The van der Waals surface area contributed by atoms with E-state index in [-0.39, 0.29) is 6.10 Å². The van der Waals surface area contributed by atoms with Gasteiger partial charge in [-0.3, -0.25) is 0 Å². The molecule has 0 spiro atoms. The Hall–Kier alpha value is -3.06. The van der Waals surface area contributed by atoms with Crippen LogP contribution in [0.1, 0.15) is 39.7 Å². The van der Waals surface area contributed by atoms with E-state index in [1.807, 2.05) is 39.0 Å². The van der Waals surface area contributed by atoms with Crippen molar-refractivity contribution in [2.45, 2.75) is 52.7 Å². The molecule has 0 saturated heterocycles. The standard InChI is InChI=1S/C23H25ClN2O5/c1-5-14-11-16(30-19(6-2)23(27)28)8-9-17(14)21-25-22(31-26-21)15-7-10-20(18(24)12-15)29-13(3)4/h7-13,19H,5-6H2,1-4H3,(H,27,28). The molecule has 0 aliphatic carbocycles. The van der Waals surface area contributed by atoms with E-state index in [0.717, 1.165) is 11.1 Å². The number of hydrogen-bond donors (Lipinski definition) is 1. The minimum absolute atomic E-state index is 0.0147. The number of carboxylic acids is 1. The normalized spacial score (nSPS) is 12.1. The fourth-order valence-corrected chi connectivity index (χ4v) is 3.29. The van der Waals surface area contributed by atoms with Gasteiger partial charge in [-0.05, 0) is 68.7 Å². The first-order valence-electron chi connectivity index (χ1n) is 10.1. The minimum Gasteiger partial charge on any atom is -0.489 e. The van der Waals surface area contributed by atoms with Gasteiger partial charge in [0.1, 0.15) is 11.5 Å². The zero-order valence-electron chi connectivity index (χ0n) is 17.9. The first-order chi connectivity index (χ1) is 14.8. The quantitative estimate of drug-likeness (QED) is 0.455. The lowest BCUT2D eigenvalue weighted by Gasteiger charge is -2.14. The Morgan fingerprint density at radius 2 is 1.94 bits per heavy atom. The molecule has 7 nitrogen and oxygen atoms in total. The molecule has 1 atom stereocenters. The van der Waals surface area contributed by atoms with E-state index in [0.29, 0.717) is 46.6 Å². The van der Waals surface area contributed by atoms with Gasteiger partial charge in [-0.15, -0.1) is 0 Å². The van der Waals surface area contributed by atoms with Gasteiger partial charge in [0.25, 0.3) is 5.89 Å². The number of ether oxygens (including phenoxy) is 2. The van der Waals surface area contributed by atoms with Crippen LogP contribution >= 0.6 is 11.6 Å². The molecule has 1 heterocycles. The molecule has 164 valence electrons. The number of aliphatic carboxylic acids is 1. The monoisotopic (exact) mass is 444 g/mol. The van der Waals surface area contributed by atoms with Crippen molar-refractivity contribution in [3.05, 3.63) is 47.0 Å². The van der Waals surface area contributed by atoms with E-state index < -0.39 is 12.1 Å². The maximum Gasteiger partial charge on any atom is 0.344 e. The van der Waals surface area contributed by atoms with Crippen LogP contribution < -0.4 is 9.47 Å². The van der Waals surface area contributed by atoms with E-state index >= 15 is 0 Å². The molecule has 0 bridgehead atoms. The second kappa shape index (κ2) is 9.83. The summed E-state index contributed by atoms with van der Waals surface area (Å²) in [6, 6.07) is 10.7. The SMILES string of the molecule is CCc1cc(OC(CC)C(=O)O)ccc1-c1noc(-c2ccc(OC(C)C)c(Cl)c2)n1. The van der Waals surface area contributed by atoms with Crippen LogP contribution in [0.5, 0.6) is 11.5 Å². The fourth-order valence-electron chi connectivity index (χ4n) is 3.06. The van der Waals surface area contributed by atoms with E-state index in [4.69, 9.17) is 25.6 Å². The Kier molecular flexibility index (Phi) is 7.17. The van der Waals surface area contributed by atoms with Gasteiger partial charge in [0.05, 0.1) is 11.1 Å². The van der Waals surface area contributed by atoms with Crippen molar-refractivity contribution in [2.75, 3.05) is 0 Å². The third kappa shape index (κ3) is 5.35. The molecule has 2 aromatic carbocycles. The lowest BCUT2D eigenvalue weighted by Crippen LogP contribution is -2.25. The van der Waals surface area contributed by atoms with Crippen molar-refractivity contribution >= 4 is 17.6 Å². The largest absolute Gasteiger partial charge is 0.489 e. The van der Waals surface area contributed by atoms with Crippen LogP contribution in [0.3, 0.4) is 0 Å². The number of halogens is 1. The Labute approximate surface area is 186 Å². The molecule has 0 saturated carbocycles. The number of hydrogen-bond acceptors (Lipinski definition) is 6. The van der Waals surface area contributed by atoms with Gasteiger partial charge in [0.15, 0.2) is 6.10 Å². The Balaban J connectivity index is 1.86. The maximum absolute atomic E-state index is 11.2. The number of carboxylic acid groups (broad SMARTS) is 1. The van der Waals surface area contributed by atoms with Gasteiger partial charge in [-0.2, -0.15) is 4.98 Å². The maximum atomic E-state index is 11.2. The molecule has 1 unspecified atom stereocenters. The van der Waals surface area contributed by atoms with Crippen molar-refractivity contribution in [1.82, 2.24) is 10.1 Å². The van der Waals surface area contributed by atoms with E-state index in [1.54, 1.807) is 25.1 Å². The Morgan fingerprint density at radius 3 is 2.55 bits per heavy atom. The van der Waals surface area contributed by atoms with Gasteiger partial charge in [-0.1, -0.05) is 30.6 Å². The molecule has 0 aliphatic heterocycles. The molecule has 8 heteroatoms. The number of nitrogens with zero attached hydrogens (tertiary/aromatic N) is 2. The van der Waals surface area contributed by atoms with Gasteiger partial charge in [0, 0.05) is 11.1 Å². The summed E-state index contributed by atoms with van der Waals surface area (Å²) in [7, 11) is 0. The second-order valence-electron chi connectivity index (χ2n) is 7.26. The van der Waals surface area contributed by atoms with Gasteiger partial charge in [-0.25, -0.2) is 4.79 Å². The third-order valence-electron chi connectivity index (χ3n) is 4.59. The lowest BCUT2D eigenvalue weighted by molar-refractivity contribution is -0.145. The molecule has 0 aliphatic rings. The molecule has 0 radical (unpaired) electrons. The molecule has 1 aromatic heterocycles. The lowest BCUT2D eigenvalue weighted by atomic mass is 10.0. The highest BCUT2D eigenvalue weighted by atomic mass is 35.5. The Morgan fingerprint density at radius 1 is 1.16 bits per heavy atom. The summed E-state index contributed by atoms with van der Waals surface area (Å²) in [5, 5.41) is 13.8.